The summed E-state index contributed by atoms with van der Waals surface area (Å²) in [6.45, 7) is 9.41. The van der Waals surface area contributed by atoms with Gasteiger partial charge in [0.25, 0.3) is 0 Å². The van der Waals surface area contributed by atoms with Crippen molar-refractivity contribution in [3.8, 4) is 11.3 Å². The molecule has 0 saturated heterocycles. The van der Waals surface area contributed by atoms with Gasteiger partial charge in [-0.2, -0.15) is 5.10 Å². The molecule has 0 aliphatic rings. The summed E-state index contributed by atoms with van der Waals surface area (Å²) >= 11 is 0. The fraction of sp³-hybridized carbons (Fsp3) is 0.438. The molecule has 0 amide bonds. The predicted molar refractivity (Wildman–Crippen MR) is 80.2 cm³/mol. The average Bonchev–Trinajstić information content (AvgIpc) is 2.71. The highest BCUT2D eigenvalue weighted by Gasteiger charge is 2.15. The Morgan fingerprint density at radius 2 is 1.79 bits per heavy atom. The maximum Gasteiger partial charge on any atom is 0.0952 e. The SMILES string of the molecule is Cc1c(-c2ccc(C(C)(C)C)cc2)n[nH]c1CCN. The van der Waals surface area contributed by atoms with Gasteiger partial charge in [0.15, 0.2) is 0 Å². The van der Waals surface area contributed by atoms with E-state index in [-0.39, 0.29) is 5.41 Å². The minimum Gasteiger partial charge on any atom is -0.330 e. The minimum atomic E-state index is 0.184. The molecule has 1 aromatic heterocycles. The van der Waals surface area contributed by atoms with Crippen molar-refractivity contribution in [1.29, 1.82) is 0 Å². The summed E-state index contributed by atoms with van der Waals surface area (Å²) in [6, 6.07) is 8.67. The maximum atomic E-state index is 5.60. The second-order valence-corrected chi connectivity index (χ2v) is 6.04. The monoisotopic (exact) mass is 257 g/mol. The lowest BCUT2D eigenvalue weighted by atomic mass is 9.86. The van der Waals surface area contributed by atoms with E-state index in [0.717, 1.165) is 23.4 Å². The second kappa shape index (κ2) is 5.17. The van der Waals surface area contributed by atoms with Crippen LogP contribution in [0.15, 0.2) is 24.3 Å². The molecule has 0 bridgehead atoms. The van der Waals surface area contributed by atoms with Crippen molar-refractivity contribution < 1.29 is 0 Å². The van der Waals surface area contributed by atoms with Crippen LogP contribution in [0.2, 0.25) is 0 Å². The summed E-state index contributed by atoms with van der Waals surface area (Å²) < 4.78 is 0. The molecule has 0 saturated carbocycles. The molecule has 0 spiro atoms. The van der Waals surface area contributed by atoms with E-state index in [2.05, 4.69) is 62.2 Å². The van der Waals surface area contributed by atoms with Crippen LogP contribution in [0, 0.1) is 6.92 Å². The van der Waals surface area contributed by atoms with Gasteiger partial charge in [0.05, 0.1) is 5.69 Å². The zero-order chi connectivity index (χ0) is 14.0. The Morgan fingerprint density at radius 1 is 1.16 bits per heavy atom. The van der Waals surface area contributed by atoms with Gasteiger partial charge < -0.3 is 5.73 Å². The van der Waals surface area contributed by atoms with Gasteiger partial charge in [-0.05, 0) is 30.0 Å². The molecule has 1 heterocycles. The molecular formula is C16H23N3. The van der Waals surface area contributed by atoms with Crippen molar-refractivity contribution >= 4 is 0 Å². The second-order valence-electron chi connectivity index (χ2n) is 6.04. The molecule has 2 rings (SSSR count). The standard InChI is InChI=1S/C16H23N3/c1-11-14(9-10-17)18-19-15(11)12-5-7-13(8-6-12)16(2,3)4/h5-8H,9-10,17H2,1-4H3,(H,18,19). The molecule has 0 radical (unpaired) electrons. The van der Waals surface area contributed by atoms with E-state index in [0.29, 0.717) is 6.54 Å². The quantitative estimate of drug-likeness (QED) is 0.887. The largest absolute Gasteiger partial charge is 0.330 e. The number of hydrogen-bond acceptors (Lipinski definition) is 2. The van der Waals surface area contributed by atoms with E-state index >= 15 is 0 Å². The first-order valence-electron chi connectivity index (χ1n) is 6.78. The summed E-state index contributed by atoms with van der Waals surface area (Å²) in [4.78, 5) is 0. The summed E-state index contributed by atoms with van der Waals surface area (Å²) in [5.41, 5.74) is 11.6. The highest BCUT2D eigenvalue weighted by molar-refractivity contribution is 5.64. The lowest BCUT2D eigenvalue weighted by molar-refractivity contribution is 0.590. The zero-order valence-electron chi connectivity index (χ0n) is 12.2. The Hall–Kier alpha value is -1.61. The van der Waals surface area contributed by atoms with Gasteiger partial charge in [0, 0.05) is 17.7 Å². The van der Waals surface area contributed by atoms with E-state index in [1.807, 2.05) is 0 Å². The van der Waals surface area contributed by atoms with Crippen LogP contribution in [-0.4, -0.2) is 16.7 Å². The zero-order valence-corrected chi connectivity index (χ0v) is 12.2. The van der Waals surface area contributed by atoms with Crippen LogP contribution in [0.5, 0.6) is 0 Å². The van der Waals surface area contributed by atoms with Gasteiger partial charge in [-0.25, -0.2) is 0 Å². The van der Waals surface area contributed by atoms with E-state index in [1.165, 1.54) is 11.1 Å². The summed E-state index contributed by atoms with van der Waals surface area (Å²) in [5, 5.41) is 7.50. The Labute approximate surface area is 115 Å². The highest BCUT2D eigenvalue weighted by Crippen LogP contribution is 2.27. The number of nitrogens with one attached hydrogen (secondary N) is 1. The fourth-order valence-corrected chi connectivity index (χ4v) is 2.23. The van der Waals surface area contributed by atoms with Crippen LogP contribution in [0.1, 0.15) is 37.6 Å². The Kier molecular flexibility index (Phi) is 3.76. The van der Waals surface area contributed by atoms with E-state index in [4.69, 9.17) is 5.73 Å². The van der Waals surface area contributed by atoms with Crippen LogP contribution in [0.4, 0.5) is 0 Å². The molecule has 0 fully saturated rings. The highest BCUT2D eigenvalue weighted by atomic mass is 15.1. The molecule has 3 heteroatoms. The Balaban J connectivity index is 2.32. The number of nitrogens with two attached hydrogens (primary N) is 1. The number of hydrogen-bond donors (Lipinski definition) is 2. The molecule has 0 aliphatic heterocycles. The van der Waals surface area contributed by atoms with Crippen LogP contribution in [-0.2, 0) is 11.8 Å². The van der Waals surface area contributed by atoms with Gasteiger partial charge in [0.1, 0.15) is 0 Å². The molecule has 102 valence electrons. The predicted octanol–water partition coefficient (Wildman–Crippen LogP) is 3.18. The van der Waals surface area contributed by atoms with Gasteiger partial charge >= 0.3 is 0 Å². The van der Waals surface area contributed by atoms with Crippen molar-refractivity contribution in [2.75, 3.05) is 6.54 Å². The first-order chi connectivity index (χ1) is 8.93. The first kappa shape index (κ1) is 13.8. The number of aromatic amines is 1. The van der Waals surface area contributed by atoms with Crippen LogP contribution in [0.3, 0.4) is 0 Å². The van der Waals surface area contributed by atoms with Crippen LogP contribution < -0.4 is 5.73 Å². The minimum absolute atomic E-state index is 0.184. The van der Waals surface area contributed by atoms with Crippen molar-refractivity contribution in [2.24, 2.45) is 5.73 Å². The lowest BCUT2D eigenvalue weighted by Gasteiger charge is -2.19. The Morgan fingerprint density at radius 3 is 2.32 bits per heavy atom. The smallest absolute Gasteiger partial charge is 0.0952 e. The molecule has 0 aliphatic carbocycles. The van der Waals surface area contributed by atoms with Crippen molar-refractivity contribution in [3.63, 3.8) is 0 Å². The average molecular weight is 257 g/mol. The molecule has 0 atom stereocenters. The third-order valence-corrected chi connectivity index (χ3v) is 3.53. The van der Waals surface area contributed by atoms with Gasteiger partial charge in [-0.15, -0.1) is 0 Å². The number of benzene rings is 1. The van der Waals surface area contributed by atoms with Crippen LogP contribution >= 0.6 is 0 Å². The van der Waals surface area contributed by atoms with Crippen molar-refractivity contribution in [3.05, 3.63) is 41.1 Å². The summed E-state index contributed by atoms with van der Waals surface area (Å²) in [7, 11) is 0. The third kappa shape index (κ3) is 2.87. The number of aromatic nitrogens is 2. The van der Waals surface area contributed by atoms with Gasteiger partial charge in [0.2, 0.25) is 0 Å². The van der Waals surface area contributed by atoms with Crippen LogP contribution in [0.25, 0.3) is 11.3 Å². The maximum absolute atomic E-state index is 5.60. The first-order valence-corrected chi connectivity index (χ1v) is 6.78. The van der Waals surface area contributed by atoms with E-state index in [1.54, 1.807) is 0 Å². The summed E-state index contributed by atoms with van der Waals surface area (Å²) in [6.07, 6.45) is 0.846. The van der Waals surface area contributed by atoms with E-state index < -0.39 is 0 Å². The normalized spacial score (nSPS) is 11.8. The van der Waals surface area contributed by atoms with Crippen molar-refractivity contribution in [2.45, 2.75) is 39.5 Å². The van der Waals surface area contributed by atoms with E-state index in [9.17, 15) is 0 Å². The fourth-order valence-electron chi connectivity index (χ4n) is 2.23. The van der Waals surface area contributed by atoms with Gasteiger partial charge in [-0.3, -0.25) is 5.10 Å². The molecule has 3 nitrogen and oxygen atoms in total. The topological polar surface area (TPSA) is 54.7 Å². The van der Waals surface area contributed by atoms with Crippen molar-refractivity contribution in [1.82, 2.24) is 10.2 Å². The molecule has 0 unspecified atom stereocenters. The summed E-state index contributed by atoms with van der Waals surface area (Å²) in [5.74, 6) is 0. The molecular weight excluding hydrogens is 234 g/mol. The number of H-pyrrole nitrogens is 1. The third-order valence-electron chi connectivity index (χ3n) is 3.53. The van der Waals surface area contributed by atoms with Gasteiger partial charge in [-0.1, -0.05) is 45.0 Å². The molecule has 1 aromatic carbocycles. The molecule has 19 heavy (non-hydrogen) atoms. The molecule has 2 aromatic rings. The number of rotatable bonds is 3. The number of nitrogens with zero attached hydrogens (tertiary/aromatic N) is 1. The molecule has 3 N–H and O–H groups in total. The Bertz CT molecular complexity index is 544. The lowest BCUT2D eigenvalue weighted by Crippen LogP contribution is -2.10.